The van der Waals surface area contributed by atoms with E-state index in [1.54, 1.807) is 0 Å². The van der Waals surface area contributed by atoms with E-state index in [0.29, 0.717) is 0 Å². The van der Waals surface area contributed by atoms with Gasteiger partial charge < -0.3 is 54.1 Å². The Bertz CT molecular complexity index is 359. The first-order valence-electron chi connectivity index (χ1n) is 9.30. The van der Waals surface area contributed by atoms with E-state index >= 15 is 0 Å². The minimum absolute atomic E-state index is 0. The molecule has 0 saturated carbocycles. The van der Waals surface area contributed by atoms with Gasteiger partial charge in [0.15, 0.2) is 0 Å². The third-order valence-electron chi connectivity index (χ3n) is 4.36. The molecule has 0 N–H and O–H groups in total. The van der Waals surface area contributed by atoms with Crippen molar-refractivity contribution >= 4 is 14.5 Å². The summed E-state index contributed by atoms with van der Waals surface area (Å²) < 4.78 is 78.0. The number of halogens is 8. The Morgan fingerprint density at radius 3 is 0.966 bits per heavy atom. The zero-order valence-electron chi connectivity index (χ0n) is 16.8. The van der Waals surface area contributed by atoms with Crippen LogP contribution >= 0.6 is 0 Å². The predicted molar refractivity (Wildman–Crippen MR) is 97.5 cm³/mol. The third kappa shape index (κ3) is 25.9. The molecule has 2 aliphatic heterocycles. The monoisotopic (exact) mass is 483 g/mol. The van der Waals surface area contributed by atoms with Gasteiger partial charge in [0.2, 0.25) is 0 Å². The van der Waals surface area contributed by atoms with Gasteiger partial charge in [-0.2, -0.15) is 0 Å². The smallest absolute Gasteiger partial charge is 0.418 e. The third-order valence-corrected chi connectivity index (χ3v) is 4.36. The number of hydrogen-bond donors (Lipinski definition) is 0. The van der Waals surface area contributed by atoms with Gasteiger partial charge in [0.05, 0.1) is 0 Å². The Kier molecular flexibility index (Phi) is 16.8. The molecule has 0 aromatic carbocycles. The molecule has 2 bridgehead atoms. The molecule has 4 nitrogen and oxygen atoms in total. The van der Waals surface area contributed by atoms with E-state index in [-0.39, 0.29) is 17.1 Å². The SMILES string of the molecule is CN1CCCN2CCN(C)CCCN(CC1)CC2.F[B-](F)(F)F.F[B-](F)(F)F.[Mn+2]. The first kappa shape index (κ1) is 31.1. The van der Waals surface area contributed by atoms with E-state index in [9.17, 15) is 34.5 Å². The van der Waals surface area contributed by atoms with Crippen LogP contribution in [0.5, 0.6) is 0 Å². The number of nitrogens with zero attached hydrogens (tertiary/aromatic N) is 4. The van der Waals surface area contributed by atoms with Gasteiger partial charge in [-0.05, 0) is 53.1 Å². The average Bonchev–Trinajstić information content (AvgIpc) is 2.50. The Labute approximate surface area is 178 Å². The summed E-state index contributed by atoms with van der Waals surface area (Å²) in [5, 5.41) is 0. The number of likely N-dealkylation sites (N-methyl/N-ethyl adjacent to an activating group) is 2. The maximum atomic E-state index is 9.75. The number of rotatable bonds is 0. The number of hydrogen-bond acceptors (Lipinski definition) is 4. The zero-order valence-corrected chi connectivity index (χ0v) is 18.0. The molecule has 0 spiro atoms. The van der Waals surface area contributed by atoms with Gasteiger partial charge in [0.1, 0.15) is 0 Å². The maximum Gasteiger partial charge on any atom is 2.00 e. The summed E-state index contributed by atoms with van der Waals surface area (Å²) in [4.78, 5) is 10.3. The zero-order chi connectivity index (χ0) is 21.8. The maximum absolute atomic E-state index is 9.75. The van der Waals surface area contributed by atoms with Gasteiger partial charge in [0.25, 0.3) is 0 Å². The molecule has 2 rings (SSSR count). The van der Waals surface area contributed by atoms with Crippen LogP contribution in [0.25, 0.3) is 0 Å². The fourth-order valence-electron chi connectivity index (χ4n) is 2.93. The van der Waals surface area contributed by atoms with E-state index in [4.69, 9.17) is 0 Å². The topological polar surface area (TPSA) is 13.0 Å². The van der Waals surface area contributed by atoms with Gasteiger partial charge in [0, 0.05) is 39.3 Å². The van der Waals surface area contributed by atoms with Crippen LogP contribution in [0.4, 0.5) is 34.5 Å². The van der Waals surface area contributed by atoms with Crippen LogP contribution in [0, 0.1) is 0 Å². The molecule has 175 valence electrons. The fraction of sp³-hybridized carbons (Fsp3) is 1.00. The van der Waals surface area contributed by atoms with Crippen molar-refractivity contribution in [3.8, 4) is 0 Å². The van der Waals surface area contributed by atoms with Crippen LogP contribution < -0.4 is 0 Å². The molecule has 0 aromatic heterocycles. The summed E-state index contributed by atoms with van der Waals surface area (Å²) in [5.41, 5.74) is 0. The van der Waals surface area contributed by atoms with Crippen LogP contribution in [-0.4, -0.2) is 114 Å². The average molecular weight is 483 g/mol. The molecule has 0 aromatic rings. The second-order valence-corrected chi connectivity index (χ2v) is 6.99. The summed E-state index contributed by atoms with van der Waals surface area (Å²) in [7, 11) is -7.46. The number of fused-ring (bicyclic) bond motifs is 3. The van der Waals surface area contributed by atoms with Crippen LogP contribution in [0.2, 0.25) is 0 Å². The van der Waals surface area contributed by atoms with E-state index < -0.39 is 14.5 Å². The largest absolute Gasteiger partial charge is 2.00 e. The Morgan fingerprint density at radius 2 is 0.690 bits per heavy atom. The quantitative estimate of drug-likeness (QED) is 0.389. The molecule has 0 amide bonds. The van der Waals surface area contributed by atoms with E-state index in [1.807, 2.05) is 0 Å². The van der Waals surface area contributed by atoms with Gasteiger partial charge in [-0.25, -0.2) is 0 Å². The molecular formula is C14H30B2F8MnN4. The van der Waals surface area contributed by atoms with Gasteiger partial charge in [-0.15, -0.1) is 0 Å². The van der Waals surface area contributed by atoms with Crippen molar-refractivity contribution in [3.05, 3.63) is 0 Å². The normalized spacial score (nSPS) is 25.4. The van der Waals surface area contributed by atoms with Crippen LogP contribution in [0.3, 0.4) is 0 Å². The van der Waals surface area contributed by atoms with Crippen molar-refractivity contribution in [1.82, 2.24) is 19.6 Å². The van der Waals surface area contributed by atoms with Crippen molar-refractivity contribution in [2.45, 2.75) is 12.8 Å². The molecule has 2 aliphatic rings. The van der Waals surface area contributed by atoms with E-state index in [0.717, 1.165) is 0 Å². The van der Waals surface area contributed by atoms with Crippen molar-refractivity contribution in [2.24, 2.45) is 0 Å². The second kappa shape index (κ2) is 15.7. The molecule has 2 saturated heterocycles. The van der Waals surface area contributed by atoms with Crippen molar-refractivity contribution in [2.75, 3.05) is 79.5 Å². The van der Waals surface area contributed by atoms with E-state index in [1.165, 1.54) is 78.3 Å². The van der Waals surface area contributed by atoms with Crippen molar-refractivity contribution in [1.29, 1.82) is 0 Å². The summed E-state index contributed by atoms with van der Waals surface area (Å²) in [6.07, 6.45) is 2.64. The second-order valence-electron chi connectivity index (χ2n) is 6.99. The van der Waals surface area contributed by atoms with Crippen molar-refractivity contribution < 1.29 is 51.6 Å². The van der Waals surface area contributed by atoms with Gasteiger partial charge >= 0.3 is 31.6 Å². The first-order chi connectivity index (χ1) is 12.7. The Morgan fingerprint density at radius 1 is 0.448 bits per heavy atom. The fourth-order valence-corrected chi connectivity index (χ4v) is 2.93. The molecule has 15 heteroatoms. The molecule has 0 aliphatic carbocycles. The summed E-state index contributed by atoms with van der Waals surface area (Å²) in [6, 6.07) is 0. The van der Waals surface area contributed by atoms with E-state index in [2.05, 4.69) is 33.7 Å². The molecule has 2 atom stereocenters. The molecule has 1 radical (unpaired) electrons. The summed E-state index contributed by atoms with van der Waals surface area (Å²) in [5.74, 6) is 0. The molecule has 2 fully saturated rings. The standard InChI is InChI=1S/C14H30N4.2BF4.Mn/c1-15-5-3-7-18-12-10-16(2)6-4-8-17(11-9-15)13-14-18;2*2-1(3,4)5;/h3-14H2,1-2H3;;;/q;2*-1;+2. The summed E-state index contributed by atoms with van der Waals surface area (Å²) >= 11 is 0. The van der Waals surface area contributed by atoms with Crippen LogP contribution in [0.15, 0.2) is 0 Å². The Balaban J connectivity index is 0. The Hall–Kier alpha value is -0.0706. The minimum atomic E-state index is -6.00. The van der Waals surface area contributed by atoms with Gasteiger partial charge in [-0.1, -0.05) is 0 Å². The minimum Gasteiger partial charge on any atom is -0.418 e. The molecule has 2 heterocycles. The first-order valence-corrected chi connectivity index (χ1v) is 9.30. The van der Waals surface area contributed by atoms with Gasteiger partial charge in [-0.3, -0.25) is 0 Å². The summed E-state index contributed by atoms with van der Waals surface area (Å²) in [6.45, 7) is 12.5. The van der Waals surface area contributed by atoms with Crippen molar-refractivity contribution in [3.63, 3.8) is 0 Å². The predicted octanol–water partition coefficient (Wildman–Crippen LogP) is 2.86. The van der Waals surface area contributed by atoms with Crippen LogP contribution in [-0.2, 0) is 17.1 Å². The van der Waals surface area contributed by atoms with Crippen LogP contribution in [0.1, 0.15) is 12.8 Å². The molecular weight excluding hydrogens is 453 g/mol. The molecule has 2 unspecified atom stereocenters. The molecule has 29 heavy (non-hydrogen) atoms.